The zero-order valence-electron chi connectivity index (χ0n) is 10.6. The van der Waals surface area contributed by atoms with Crippen molar-refractivity contribution in [2.75, 3.05) is 0 Å². The number of nitrogens with zero attached hydrogens (tertiary/aromatic N) is 1. The van der Waals surface area contributed by atoms with Crippen molar-refractivity contribution in [3.05, 3.63) is 63.1 Å². The minimum Gasteiger partial charge on any atom is -0.310 e. The van der Waals surface area contributed by atoms with Crippen molar-refractivity contribution in [3.63, 3.8) is 0 Å². The van der Waals surface area contributed by atoms with Crippen LogP contribution in [0, 0.1) is 5.82 Å². The Balaban J connectivity index is 1.77. The minimum absolute atomic E-state index is 0.00302. The highest BCUT2D eigenvalue weighted by molar-refractivity contribution is 5.23. The van der Waals surface area contributed by atoms with E-state index >= 15 is 0 Å². The summed E-state index contributed by atoms with van der Waals surface area (Å²) in [5.41, 5.74) is 2.70. The first kappa shape index (κ1) is 12.1. The molecule has 1 aromatic heterocycles. The van der Waals surface area contributed by atoms with Gasteiger partial charge in [-0.05, 0) is 43.4 Å². The van der Waals surface area contributed by atoms with Crippen LogP contribution in [0.25, 0.3) is 0 Å². The number of aryl methyl sites for hydroxylation is 3. The molecule has 0 aliphatic heterocycles. The SMILES string of the molecule is O=c1[nH]c(CCc2cccc(F)c2)nc2c1CCC2. The number of H-pyrrole nitrogens is 1. The number of aromatic nitrogens is 2. The third-order valence-electron chi connectivity index (χ3n) is 3.53. The number of nitrogens with one attached hydrogen (secondary N) is 1. The third kappa shape index (κ3) is 2.57. The second kappa shape index (κ2) is 4.96. The van der Waals surface area contributed by atoms with Crippen LogP contribution in [0.4, 0.5) is 4.39 Å². The highest BCUT2D eigenvalue weighted by Gasteiger charge is 2.16. The van der Waals surface area contributed by atoms with E-state index in [1.807, 2.05) is 6.07 Å². The van der Waals surface area contributed by atoms with E-state index in [1.165, 1.54) is 12.1 Å². The summed E-state index contributed by atoms with van der Waals surface area (Å²) < 4.78 is 13.1. The highest BCUT2D eigenvalue weighted by atomic mass is 19.1. The van der Waals surface area contributed by atoms with Gasteiger partial charge in [0.05, 0.1) is 5.69 Å². The number of halogens is 1. The molecule has 1 heterocycles. The zero-order valence-corrected chi connectivity index (χ0v) is 10.6. The van der Waals surface area contributed by atoms with Crippen molar-refractivity contribution < 1.29 is 4.39 Å². The Kier molecular flexibility index (Phi) is 3.15. The second-order valence-electron chi connectivity index (χ2n) is 4.92. The van der Waals surface area contributed by atoms with Crippen LogP contribution in [0.15, 0.2) is 29.1 Å². The van der Waals surface area contributed by atoms with Gasteiger partial charge in [-0.25, -0.2) is 9.37 Å². The van der Waals surface area contributed by atoms with Crippen molar-refractivity contribution >= 4 is 0 Å². The van der Waals surface area contributed by atoms with E-state index in [0.717, 1.165) is 36.1 Å². The lowest BCUT2D eigenvalue weighted by Gasteiger charge is -2.04. The molecule has 1 aliphatic carbocycles. The Morgan fingerprint density at radius 3 is 3.00 bits per heavy atom. The van der Waals surface area contributed by atoms with Gasteiger partial charge in [0.1, 0.15) is 11.6 Å². The maximum Gasteiger partial charge on any atom is 0.254 e. The molecule has 98 valence electrons. The van der Waals surface area contributed by atoms with E-state index in [2.05, 4.69) is 9.97 Å². The molecule has 1 aliphatic rings. The number of rotatable bonds is 3. The molecule has 0 spiro atoms. The van der Waals surface area contributed by atoms with Crippen molar-refractivity contribution in [3.8, 4) is 0 Å². The Morgan fingerprint density at radius 2 is 2.16 bits per heavy atom. The van der Waals surface area contributed by atoms with Gasteiger partial charge in [-0.15, -0.1) is 0 Å². The molecule has 0 unspecified atom stereocenters. The summed E-state index contributed by atoms with van der Waals surface area (Å²) in [4.78, 5) is 19.2. The summed E-state index contributed by atoms with van der Waals surface area (Å²) in [6.45, 7) is 0. The fourth-order valence-corrected chi connectivity index (χ4v) is 2.57. The highest BCUT2D eigenvalue weighted by Crippen LogP contribution is 2.16. The molecule has 0 amide bonds. The Morgan fingerprint density at radius 1 is 1.26 bits per heavy atom. The fraction of sp³-hybridized carbons (Fsp3) is 0.333. The van der Waals surface area contributed by atoms with Crippen LogP contribution in [0.3, 0.4) is 0 Å². The first-order valence-corrected chi connectivity index (χ1v) is 6.58. The molecule has 1 N–H and O–H groups in total. The summed E-state index contributed by atoms with van der Waals surface area (Å²) in [6.07, 6.45) is 4.05. The number of fused-ring (bicyclic) bond motifs is 1. The van der Waals surface area contributed by atoms with Crippen LogP contribution in [0.5, 0.6) is 0 Å². The molecular formula is C15H15FN2O. The largest absolute Gasteiger partial charge is 0.310 e. The summed E-state index contributed by atoms with van der Waals surface area (Å²) in [5, 5.41) is 0. The van der Waals surface area contributed by atoms with Crippen molar-refractivity contribution in [1.29, 1.82) is 0 Å². The molecular weight excluding hydrogens is 243 g/mol. The van der Waals surface area contributed by atoms with Crippen LogP contribution in [-0.4, -0.2) is 9.97 Å². The van der Waals surface area contributed by atoms with Crippen LogP contribution < -0.4 is 5.56 Å². The molecule has 19 heavy (non-hydrogen) atoms. The lowest BCUT2D eigenvalue weighted by atomic mass is 10.1. The fourth-order valence-electron chi connectivity index (χ4n) is 2.57. The molecule has 0 atom stereocenters. The smallest absolute Gasteiger partial charge is 0.254 e. The zero-order chi connectivity index (χ0) is 13.2. The number of hydrogen-bond acceptors (Lipinski definition) is 2. The molecule has 2 aromatic rings. The van der Waals surface area contributed by atoms with Gasteiger partial charge in [0.2, 0.25) is 0 Å². The lowest BCUT2D eigenvalue weighted by Crippen LogP contribution is -2.17. The predicted molar refractivity (Wildman–Crippen MR) is 70.7 cm³/mol. The maximum atomic E-state index is 13.1. The normalized spacial score (nSPS) is 13.5. The van der Waals surface area contributed by atoms with Gasteiger partial charge in [-0.1, -0.05) is 12.1 Å². The monoisotopic (exact) mass is 258 g/mol. The molecule has 4 heteroatoms. The van der Waals surface area contributed by atoms with Crippen LogP contribution >= 0.6 is 0 Å². The molecule has 0 saturated carbocycles. The van der Waals surface area contributed by atoms with Gasteiger partial charge in [0.15, 0.2) is 0 Å². The number of hydrogen-bond donors (Lipinski definition) is 1. The lowest BCUT2D eigenvalue weighted by molar-refractivity contribution is 0.625. The van der Waals surface area contributed by atoms with Gasteiger partial charge in [-0.2, -0.15) is 0 Å². The van der Waals surface area contributed by atoms with E-state index in [-0.39, 0.29) is 11.4 Å². The molecule has 3 rings (SSSR count). The van der Waals surface area contributed by atoms with Crippen LogP contribution in [-0.2, 0) is 25.7 Å². The standard InChI is InChI=1S/C15H15FN2O/c16-11-4-1-3-10(9-11)7-8-14-17-13-6-2-5-12(13)15(19)18-14/h1,3-4,9H,2,5-8H2,(H,17,18,19). The van der Waals surface area contributed by atoms with E-state index in [4.69, 9.17) is 0 Å². The molecule has 1 aromatic carbocycles. The van der Waals surface area contributed by atoms with E-state index < -0.39 is 0 Å². The van der Waals surface area contributed by atoms with Gasteiger partial charge in [-0.3, -0.25) is 4.79 Å². The molecule has 3 nitrogen and oxygen atoms in total. The third-order valence-corrected chi connectivity index (χ3v) is 3.53. The average Bonchev–Trinajstić information content (AvgIpc) is 2.85. The van der Waals surface area contributed by atoms with Gasteiger partial charge >= 0.3 is 0 Å². The summed E-state index contributed by atoms with van der Waals surface area (Å²) in [5.74, 6) is 0.475. The maximum absolute atomic E-state index is 13.1. The van der Waals surface area contributed by atoms with Gasteiger partial charge < -0.3 is 4.98 Å². The number of benzene rings is 1. The molecule has 0 fully saturated rings. The van der Waals surface area contributed by atoms with Gasteiger partial charge in [0, 0.05) is 12.0 Å². The Bertz CT molecular complexity index is 663. The first-order valence-electron chi connectivity index (χ1n) is 6.58. The molecule has 0 bridgehead atoms. The first-order chi connectivity index (χ1) is 9.22. The van der Waals surface area contributed by atoms with Gasteiger partial charge in [0.25, 0.3) is 5.56 Å². The summed E-state index contributed by atoms with van der Waals surface area (Å²) >= 11 is 0. The van der Waals surface area contributed by atoms with Crippen LogP contribution in [0.1, 0.15) is 29.1 Å². The van der Waals surface area contributed by atoms with E-state index in [1.54, 1.807) is 6.07 Å². The summed E-state index contributed by atoms with van der Waals surface area (Å²) in [7, 11) is 0. The second-order valence-corrected chi connectivity index (χ2v) is 4.92. The van der Waals surface area contributed by atoms with E-state index in [9.17, 15) is 9.18 Å². The quantitative estimate of drug-likeness (QED) is 0.917. The van der Waals surface area contributed by atoms with Crippen molar-refractivity contribution in [1.82, 2.24) is 9.97 Å². The minimum atomic E-state index is -0.229. The van der Waals surface area contributed by atoms with Crippen molar-refractivity contribution in [2.45, 2.75) is 32.1 Å². The topological polar surface area (TPSA) is 45.8 Å². The number of aromatic amines is 1. The summed E-state index contributed by atoms with van der Waals surface area (Å²) in [6, 6.07) is 6.53. The van der Waals surface area contributed by atoms with Crippen LogP contribution in [0.2, 0.25) is 0 Å². The Hall–Kier alpha value is -1.97. The molecule has 0 saturated heterocycles. The van der Waals surface area contributed by atoms with E-state index in [0.29, 0.717) is 18.7 Å². The van der Waals surface area contributed by atoms with Crippen molar-refractivity contribution in [2.24, 2.45) is 0 Å². The molecule has 0 radical (unpaired) electrons. The Labute approximate surface area is 110 Å². The average molecular weight is 258 g/mol. The predicted octanol–water partition coefficient (Wildman–Crippen LogP) is 2.18.